The molecular weight excluding hydrogens is 482 g/mol. The first-order chi connectivity index (χ1) is 16.1. The average molecular weight is 498 g/mol. The zero-order valence-electron chi connectivity index (χ0n) is 17.4. The summed E-state index contributed by atoms with van der Waals surface area (Å²) in [6.45, 7) is 1.92. The number of hydrogen-bond acceptors (Lipinski definition) is 5. The van der Waals surface area contributed by atoms with Gasteiger partial charge in [-0.2, -0.15) is 10.2 Å². The third kappa shape index (κ3) is 3.25. The zero-order valence-corrected chi connectivity index (χ0v) is 19.0. The van der Waals surface area contributed by atoms with E-state index in [0.717, 1.165) is 38.1 Å². The third-order valence-corrected chi connectivity index (χ3v) is 5.95. The highest BCUT2D eigenvalue weighted by Crippen LogP contribution is 2.30. The van der Waals surface area contributed by atoms with Crippen molar-refractivity contribution in [2.24, 2.45) is 0 Å². The molecule has 0 unspecified atom stereocenters. The molecule has 0 aliphatic carbocycles. The van der Waals surface area contributed by atoms with E-state index < -0.39 is 0 Å². The molecule has 8 nitrogen and oxygen atoms in total. The molecule has 33 heavy (non-hydrogen) atoms. The van der Waals surface area contributed by atoms with Crippen LogP contribution in [0.25, 0.3) is 39.3 Å². The molecule has 0 amide bonds. The standard InChI is InChI=1S/C24H16BrN7O/c1-15-4-2-7-21(28-15)32-23(16-8-9-20-26-14-27-31(20)13-16)19-10-11-30(24(33)22(19)29-32)18-6-3-5-17(25)12-18/h2-14H,1H3. The fourth-order valence-corrected chi connectivity index (χ4v) is 4.34. The summed E-state index contributed by atoms with van der Waals surface area (Å²) < 4.78 is 5.91. The molecule has 6 rings (SSSR count). The van der Waals surface area contributed by atoms with Crippen molar-refractivity contribution in [3.8, 4) is 22.8 Å². The van der Waals surface area contributed by atoms with Crippen LogP contribution in [0.4, 0.5) is 0 Å². The van der Waals surface area contributed by atoms with Gasteiger partial charge < -0.3 is 0 Å². The number of pyridine rings is 3. The van der Waals surface area contributed by atoms with Gasteiger partial charge in [-0.15, -0.1) is 0 Å². The van der Waals surface area contributed by atoms with Gasteiger partial charge in [-0.05, 0) is 55.5 Å². The SMILES string of the molecule is Cc1cccc(-n2nc3c(=O)n(-c4cccc(Br)c4)ccc3c2-c2ccc3ncnn3c2)n1. The van der Waals surface area contributed by atoms with Crippen molar-refractivity contribution >= 4 is 32.5 Å². The third-order valence-electron chi connectivity index (χ3n) is 5.46. The second kappa shape index (κ2) is 7.49. The van der Waals surface area contributed by atoms with Crippen LogP contribution in [0.5, 0.6) is 0 Å². The Labute approximate surface area is 195 Å². The van der Waals surface area contributed by atoms with Crippen LogP contribution in [0.15, 0.2) is 88.7 Å². The molecule has 0 bridgehead atoms. The normalized spacial score (nSPS) is 11.5. The fourth-order valence-electron chi connectivity index (χ4n) is 3.95. The Hall–Kier alpha value is -4.11. The smallest absolute Gasteiger partial charge is 0.282 e. The average Bonchev–Trinajstić information content (AvgIpc) is 3.44. The summed E-state index contributed by atoms with van der Waals surface area (Å²) in [6, 6.07) is 19.1. The maximum absolute atomic E-state index is 13.5. The Morgan fingerprint density at radius 2 is 1.88 bits per heavy atom. The minimum absolute atomic E-state index is 0.208. The van der Waals surface area contributed by atoms with Crippen LogP contribution in [-0.4, -0.2) is 33.9 Å². The Kier molecular flexibility index (Phi) is 4.44. The summed E-state index contributed by atoms with van der Waals surface area (Å²) in [7, 11) is 0. The second-order valence-electron chi connectivity index (χ2n) is 7.61. The van der Waals surface area contributed by atoms with Gasteiger partial charge in [-0.1, -0.05) is 28.1 Å². The van der Waals surface area contributed by atoms with Crippen LogP contribution in [-0.2, 0) is 0 Å². The first-order valence-corrected chi connectivity index (χ1v) is 11.0. The molecule has 6 aromatic rings. The van der Waals surface area contributed by atoms with E-state index in [1.54, 1.807) is 20.0 Å². The molecule has 0 aliphatic heterocycles. The first-order valence-electron chi connectivity index (χ1n) is 10.2. The summed E-state index contributed by atoms with van der Waals surface area (Å²) in [5, 5.41) is 9.73. The van der Waals surface area contributed by atoms with Gasteiger partial charge in [0.2, 0.25) is 0 Å². The van der Waals surface area contributed by atoms with E-state index >= 15 is 0 Å². The highest BCUT2D eigenvalue weighted by Gasteiger charge is 2.20. The summed E-state index contributed by atoms with van der Waals surface area (Å²) in [5.74, 6) is 0.633. The van der Waals surface area contributed by atoms with Crippen molar-refractivity contribution in [3.63, 3.8) is 0 Å². The lowest BCUT2D eigenvalue weighted by atomic mass is 10.1. The van der Waals surface area contributed by atoms with Gasteiger partial charge in [-0.25, -0.2) is 19.2 Å². The molecule has 9 heteroatoms. The molecule has 0 saturated carbocycles. The molecule has 160 valence electrons. The molecule has 0 spiro atoms. The van der Waals surface area contributed by atoms with E-state index in [9.17, 15) is 4.79 Å². The number of aromatic nitrogens is 7. The molecule has 0 radical (unpaired) electrons. The highest BCUT2D eigenvalue weighted by atomic mass is 79.9. The lowest BCUT2D eigenvalue weighted by Crippen LogP contribution is -2.17. The molecule has 0 fully saturated rings. The van der Waals surface area contributed by atoms with Crippen LogP contribution in [0.3, 0.4) is 0 Å². The van der Waals surface area contributed by atoms with Crippen molar-refractivity contribution in [2.75, 3.05) is 0 Å². The minimum Gasteiger partial charge on any atom is -0.282 e. The molecule has 1 aromatic carbocycles. The van der Waals surface area contributed by atoms with Crippen molar-refractivity contribution in [1.82, 2.24) is 33.9 Å². The summed E-state index contributed by atoms with van der Waals surface area (Å²) in [6.07, 6.45) is 5.16. The number of nitrogens with zero attached hydrogens (tertiary/aromatic N) is 7. The highest BCUT2D eigenvalue weighted by molar-refractivity contribution is 9.10. The molecule has 0 aliphatic rings. The Bertz CT molecular complexity index is 1730. The summed E-state index contributed by atoms with van der Waals surface area (Å²) in [4.78, 5) is 22.4. The summed E-state index contributed by atoms with van der Waals surface area (Å²) in [5.41, 5.74) is 4.10. The lowest BCUT2D eigenvalue weighted by molar-refractivity contribution is 0.853. The lowest BCUT2D eigenvalue weighted by Gasteiger charge is -2.08. The van der Waals surface area contributed by atoms with Gasteiger partial charge in [-0.3, -0.25) is 9.36 Å². The quantitative estimate of drug-likeness (QED) is 0.362. The Morgan fingerprint density at radius 1 is 1.00 bits per heavy atom. The fraction of sp³-hybridized carbons (Fsp3) is 0.0417. The summed E-state index contributed by atoms with van der Waals surface area (Å²) >= 11 is 3.48. The molecule has 0 N–H and O–H groups in total. The monoisotopic (exact) mass is 497 g/mol. The van der Waals surface area contributed by atoms with Crippen molar-refractivity contribution in [3.05, 3.63) is 99.9 Å². The topological polar surface area (TPSA) is 82.9 Å². The van der Waals surface area contributed by atoms with Crippen molar-refractivity contribution < 1.29 is 0 Å². The first kappa shape index (κ1) is 19.6. The van der Waals surface area contributed by atoms with E-state index in [1.165, 1.54) is 6.33 Å². The molecule has 0 atom stereocenters. The van der Waals surface area contributed by atoms with Crippen LogP contribution in [0.2, 0.25) is 0 Å². The van der Waals surface area contributed by atoms with Gasteiger partial charge in [0.05, 0.1) is 5.69 Å². The largest absolute Gasteiger partial charge is 0.283 e. The van der Waals surface area contributed by atoms with Gasteiger partial charge in [0, 0.05) is 39.2 Å². The second-order valence-corrected chi connectivity index (χ2v) is 8.53. The van der Waals surface area contributed by atoms with Crippen LogP contribution in [0.1, 0.15) is 5.69 Å². The predicted molar refractivity (Wildman–Crippen MR) is 129 cm³/mol. The number of fused-ring (bicyclic) bond motifs is 2. The Balaban J connectivity index is 1.67. The molecule has 5 aromatic heterocycles. The molecule has 5 heterocycles. The van der Waals surface area contributed by atoms with Gasteiger partial charge in [0.15, 0.2) is 17.0 Å². The van der Waals surface area contributed by atoms with E-state index in [-0.39, 0.29) is 5.56 Å². The number of benzene rings is 1. The van der Waals surface area contributed by atoms with Crippen LogP contribution in [0, 0.1) is 6.92 Å². The van der Waals surface area contributed by atoms with E-state index in [1.807, 2.05) is 73.8 Å². The maximum atomic E-state index is 13.5. The van der Waals surface area contributed by atoms with Crippen LogP contribution < -0.4 is 5.56 Å². The van der Waals surface area contributed by atoms with E-state index in [2.05, 4.69) is 31.0 Å². The molecular formula is C24H16BrN7O. The number of halogens is 1. The predicted octanol–water partition coefficient (Wildman–Crippen LogP) is 4.35. The zero-order chi connectivity index (χ0) is 22.5. The Morgan fingerprint density at radius 3 is 2.73 bits per heavy atom. The van der Waals surface area contributed by atoms with E-state index in [0.29, 0.717) is 11.3 Å². The number of hydrogen-bond donors (Lipinski definition) is 0. The molecule has 0 saturated heterocycles. The van der Waals surface area contributed by atoms with Crippen molar-refractivity contribution in [2.45, 2.75) is 6.92 Å². The van der Waals surface area contributed by atoms with E-state index in [4.69, 9.17) is 5.10 Å². The van der Waals surface area contributed by atoms with Gasteiger partial charge in [0.1, 0.15) is 6.33 Å². The minimum atomic E-state index is -0.208. The van der Waals surface area contributed by atoms with Gasteiger partial charge in [0.25, 0.3) is 5.56 Å². The maximum Gasteiger partial charge on any atom is 0.283 e. The van der Waals surface area contributed by atoms with Crippen LogP contribution >= 0.6 is 15.9 Å². The number of aryl methyl sites for hydroxylation is 1. The van der Waals surface area contributed by atoms with Gasteiger partial charge >= 0.3 is 0 Å². The number of rotatable bonds is 3. The van der Waals surface area contributed by atoms with Crippen molar-refractivity contribution in [1.29, 1.82) is 0 Å².